The van der Waals surface area contributed by atoms with Crippen molar-refractivity contribution in [2.45, 2.75) is 6.92 Å². The molecule has 2 aromatic carbocycles. The molecule has 0 N–H and O–H groups in total. The first-order valence-electron chi connectivity index (χ1n) is 10.4. The lowest BCUT2D eigenvalue weighted by Crippen LogP contribution is -2.19. The van der Waals surface area contributed by atoms with Gasteiger partial charge in [0, 0.05) is 28.0 Å². The molecule has 3 aromatic heterocycles. The molecule has 0 fully saturated rings. The van der Waals surface area contributed by atoms with Crippen molar-refractivity contribution in [3.05, 3.63) is 108 Å². The van der Waals surface area contributed by atoms with Crippen molar-refractivity contribution in [3.63, 3.8) is 0 Å². The summed E-state index contributed by atoms with van der Waals surface area (Å²) in [7, 11) is 1.87. The van der Waals surface area contributed by atoms with Crippen LogP contribution in [0.1, 0.15) is 11.3 Å². The summed E-state index contributed by atoms with van der Waals surface area (Å²) < 4.78 is 6.24. The highest BCUT2D eigenvalue weighted by atomic mass is 79.9. The van der Waals surface area contributed by atoms with Gasteiger partial charge in [-0.3, -0.25) is 9.48 Å². The summed E-state index contributed by atoms with van der Waals surface area (Å²) in [5.41, 5.74) is 4.71. The van der Waals surface area contributed by atoms with E-state index in [9.17, 15) is 4.79 Å². The monoisotopic (exact) mass is 549 g/mol. The third-order valence-electron chi connectivity index (χ3n) is 5.40. The largest absolute Gasteiger partial charge is 0.297 e. The smallest absolute Gasteiger partial charge is 0.283 e. The van der Waals surface area contributed by atoms with Crippen LogP contribution in [0.25, 0.3) is 16.9 Å². The van der Waals surface area contributed by atoms with Crippen LogP contribution in [-0.4, -0.2) is 20.3 Å². The van der Waals surface area contributed by atoms with E-state index >= 15 is 0 Å². The molecular formula is C25H20BrN5OS2. The third kappa shape index (κ3) is 4.29. The van der Waals surface area contributed by atoms with Crippen LogP contribution >= 0.6 is 38.6 Å². The van der Waals surface area contributed by atoms with Gasteiger partial charge in [-0.05, 0) is 48.0 Å². The summed E-state index contributed by atoms with van der Waals surface area (Å²) in [6.45, 7) is 1.90. The van der Waals surface area contributed by atoms with Crippen LogP contribution in [-0.2, 0) is 7.05 Å². The van der Waals surface area contributed by atoms with E-state index in [-0.39, 0.29) is 5.56 Å². The predicted molar refractivity (Wildman–Crippen MR) is 144 cm³/mol. The van der Waals surface area contributed by atoms with E-state index in [2.05, 4.69) is 15.9 Å². The van der Waals surface area contributed by atoms with Gasteiger partial charge in [-0.25, -0.2) is 14.4 Å². The molecule has 9 heteroatoms. The lowest BCUT2D eigenvalue weighted by molar-refractivity contribution is 0.630. The Morgan fingerprint density at radius 1 is 1.03 bits per heavy atom. The topological polar surface area (TPSA) is 56.6 Å². The number of hydrogen-bond acceptors (Lipinski definition) is 5. The van der Waals surface area contributed by atoms with Crippen molar-refractivity contribution >= 4 is 50.5 Å². The summed E-state index contributed by atoms with van der Waals surface area (Å²) in [4.78, 5) is 18.8. The van der Waals surface area contributed by atoms with Crippen molar-refractivity contribution < 1.29 is 0 Å². The number of para-hydroxylation sites is 1. The molecular weight excluding hydrogens is 530 g/mol. The molecule has 170 valence electrons. The Balaban J connectivity index is 1.71. The van der Waals surface area contributed by atoms with Gasteiger partial charge < -0.3 is 0 Å². The van der Waals surface area contributed by atoms with Crippen LogP contribution in [0.3, 0.4) is 0 Å². The van der Waals surface area contributed by atoms with Crippen LogP contribution in [0.2, 0.25) is 0 Å². The van der Waals surface area contributed by atoms with Crippen LogP contribution in [0, 0.1) is 6.92 Å². The van der Waals surface area contributed by atoms with Crippen LogP contribution in [0.5, 0.6) is 0 Å². The molecule has 5 aromatic rings. The second-order valence-electron chi connectivity index (χ2n) is 7.55. The quantitative estimate of drug-likeness (QED) is 0.250. The third-order valence-corrected chi connectivity index (χ3v) is 7.41. The van der Waals surface area contributed by atoms with Crippen molar-refractivity contribution in [2.75, 3.05) is 0 Å². The van der Waals surface area contributed by atoms with Gasteiger partial charge in [0.05, 0.1) is 23.3 Å². The van der Waals surface area contributed by atoms with E-state index in [0.29, 0.717) is 10.5 Å². The van der Waals surface area contributed by atoms with E-state index in [4.69, 9.17) is 10.1 Å². The van der Waals surface area contributed by atoms with Crippen LogP contribution in [0.15, 0.2) is 96.2 Å². The molecule has 0 atom stereocenters. The second-order valence-corrected chi connectivity index (χ2v) is 10.1. The normalized spacial score (nSPS) is 12.1. The van der Waals surface area contributed by atoms with Crippen molar-refractivity contribution in [1.82, 2.24) is 14.0 Å². The summed E-state index contributed by atoms with van der Waals surface area (Å²) >= 11 is 6.62. The average Bonchev–Trinajstić information content (AvgIpc) is 3.55. The fraction of sp³-hybridized carbons (Fsp3) is 0.0800. The van der Waals surface area contributed by atoms with Gasteiger partial charge in [0.1, 0.15) is 0 Å². The number of rotatable bonds is 5. The first-order valence-corrected chi connectivity index (χ1v) is 13.1. The molecule has 6 nitrogen and oxygen atoms in total. The van der Waals surface area contributed by atoms with Gasteiger partial charge in [-0.15, -0.1) is 11.3 Å². The van der Waals surface area contributed by atoms with Gasteiger partial charge in [-0.1, -0.05) is 46.3 Å². The highest BCUT2D eigenvalue weighted by Gasteiger charge is 2.17. The summed E-state index contributed by atoms with van der Waals surface area (Å²) in [5, 5.41) is 10.8. The van der Waals surface area contributed by atoms with Crippen molar-refractivity contribution in [3.8, 4) is 16.9 Å². The van der Waals surface area contributed by atoms with Gasteiger partial charge >= 0.3 is 0 Å². The number of thiophene rings is 1. The maximum absolute atomic E-state index is 13.4. The maximum Gasteiger partial charge on any atom is 0.297 e. The molecule has 3 heterocycles. The zero-order chi connectivity index (χ0) is 23.7. The molecule has 0 amide bonds. The summed E-state index contributed by atoms with van der Waals surface area (Å²) in [6, 6.07) is 19.6. The zero-order valence-corrected chi connectivity index (χ0v) is 21.6. The van der Waals surface area contributed by atoms with Gasteiger partial charge in [0.25, 0.3) is 5.56 Å². The van der Waals surface area contributed by atoms with Crippen molar-refractivity contribution in [1.29, 1.82) is 0 Å². The minimum Gasteiger partial charge on any atom is -0.283 e. The zero-order valence-electron chi connectivity index (χ0n) is 18.4. The first-order chi connectivity index (χ1) is 16.5. The SMILES string of the molecule is Cc1c(N=c2scc(-c3cccc(Br)c3)n2N=Cc2ccsc2)c(=O)n(-c2ccccc2)n1C. The Morgan fingerprint density at radius 2 is 1.85 bits per heavy atom. The van der Waals surface area contributed by atoms with Crippen LogP contribution in [0.4, 0.5) is 5.69 Å². The van der Waals surface area contributed by atoms with E-state index in [1.807, 2.05) is 102 Å². The Morgan fingerprint density at radius 3 is 2.59 bits per heavy atom. The van der Waals surface area contributed by atoms with Crippen LogP contribution < -0.4 is 10.4 Å². The molecule has 0 aliphatic heterocycles. The van der Waals surface area contributed by atoms with E-state index < -0.39 is 0 Å². The Labute approximate surface area is 212 Å². The summed E-state index contributed by atoms with van der Waals surface area (Å²) in [6.07, 6.45) is 1.81. The fourth-order valence-corrected chi connectivity index (χ4v) is 5.44. The number of aromatic nitrogens is 3. The second kappa shape index (κ2) is 9.54. The highest BCUT2D eigenvalue weighted by molar-refractivity contribution is 9.10. The average molecular weight is 551 g/mol. The molecule has 34 heavy (non-hydrogen) atoms. The molecule has 0 unspecified atom stereocenters. The number of thiazole rings is 1. The van der Waals surface area contributed by atoms with Crippen molar-refractivity contribution in [2.24, 2.45) is 17.1 Å². The molecule has 0 spiro atoms. The minimum absolute atomic E-state index is 0.169. The maximum atomic E-state index is 13.4. The predicted octanol–water partition coefficient (Wildman–Crippen LogP) is 5.95. The van der Waals surface area contributed by atoms with E-state index in [1.165, 1.54) is 11.3 Å². The molecule has 0 saturated carbocycles. The minimum atomic E-state index is -0.169. The molecule has 0 saturated heterocycles. The van der Waals surface area contributed by atoms with E-state index in [0.717, 1.165) is 32.7 Å². The lowest BCUT2D eigenvalue weighted by Gasteiger charge is -2.07. The molecule has 0 aliphatic rings. The lowest BCUT2D eigenvalue weighted by atomic mass is 10.2. The number of halogens is 1. The molecule has 5 rings (SSSR count). The Bertz CT molecular complexity index is 1610. The molecule has 0 bridgehead atoms. The molecule has 0 aliphatic carbocycles. The van der Waals surface area contributed by atoms with E-state index in [1.54, 1.807) is 20.7 Å². The standard InChI is InChI=1S/C25H20BrN5OS2/c1-17-23(24(32)31(29(17)2)21-9-4-3-5-10-21)28-25-30(27-14-18-11-12-33-15-18)22(16-34-25)19-7-6-8-20(26)13-19/h3-16H,1-2H3. The Kier molecular flexibility index (Phi) is 6.32. The van der Waals surface area contributed by atoms with Gasteiger partial charge in [-0.2, -0.15) is 16.4 Å². The number of nitrogens with zero attached hydrogens (tertiary/aromatic N) is 5. The number of benzene rings is 2. The summed E-state index contributed by atoms with van der Waals surface area (Å²) in [5.74, 6) is 0. The first kappa shape index (κ1) is 22.5. The Hall–Kier alpha value is -3.27. The highest BCUT2D eigenvalue weighted by Crippen LogP contribution is 2.24. The van der Waals surface area contributed by atoms with Gasteiger partial charge in [0.2, 0.25) is 4.80 Å². The van der Waals surface area contributed by atoms with Gasteiger partial charge in [0.15, 0.2) is 5.69 Å². The number of hydrogen-bond donors (Lipinski definition) is 0. The molecule has 0 radical (unpaired) electrons. The fourth-order valence-electron chi connectivity index (χ4n) is 3.59.